The first kappa shape index (κ1) is 14.5. The fourth-order valence-electron chi connectivity index (χ4n) is 1.52. The van der Waals surface area contributed by atoms with E-state index in [1.54, 1.807) is 18.2 Å². The summed E-state index contributed by atoms with van der Waals surface area (Å²) in [5, 5.41) is 9.43. The molecule has 0 atom stereocenters. The number of carbonyl (C=O) groups excluding carboxylic acids is 2. The molecule has 0 unspecified atom stereocenters. The zero-order chi connectivity index (χ0) is 14.2. The number of imide groups is 1. The van der Waals surface area contributed by atoms with Gasteiger partial charge in [0.2, 0.25) is 0 Å². The van der Waals surface area contributed by atoms with Gasteiger partial charge in [0.15, 0.2) is 0 Å². The van der Waals surface area contributed by atoms with Crippen molar-refractivity contribution in [2.75, 3.05) is 13.3 Å². The monoisotopic (exact) mass is 359 g/mol. The summed E-state index contributed by atoms with van der Waals surface area (Å²) in [5.74, 6) is -0.124. The minimum atomic E-state index is -0.305. The normalized spacial score (nSPS) is 17.6. The van der Waals surface area contributed by atoms with Gasteiger partial charge in [-0.3, -0.25) is 14.5 Å². The van der Waals surface area contributed by atoms with E-state index in [0.717, 1.165) is 22.2 Å². The van der Waals surface area contributed by atoms with Gasteiger partial charge in [0, 0.05) is 16.4 Å². The molecule has 2 amide bonds. The third-order valence-corrected chi connectivity index (χ3v) is 4.99. The van der Waals surface area contributed by atoms with Crippen molar-refractivity contribution >= 4 is 56.7 Å². The molecule has 1 saturated heterocycles. The van der Waals surface area contributed by atoms with Crippen LogP contribution in [0.5, 0.6) is 5.75 Å². The molecule has 1 N–H and O–H groups in total. The summed E-state index contributed by atoms with van der Waals surface area (Å²) in [5.41, 5.74) is 0.751. The smallest absolute Gasteiger partial charge is 0.293 e. The number of benzene rings is 1. The van der Waals surface area contributed by atoms with Gasteiger partial charge in [-0.2, -0.15) is 0 Å². The third kappa shape index (κ3) is 2.82. The van der Waals surface area contributed by atoms with Crippen LogP contribution in [-0.2, 0) is 4.79 Å². The molecule has 4 nitrogen and oxygen atoms in total. The number of rotatable bonds is 2. The van der Waals surface area contributed by atoms with Gasteiger partial charge >= 0.3 is 0 Å². The summed E-state index contributed by atoms with van der Waals surface area (Å²) in [4.78, 5) is 25.4. The first-order valence-electron chi connectivity index (χ1n) is 5.22. The standard InChI is InChI=1S/C12H10BrNO3S2/c1-14-11(16)10(19-12(14)17)4-6-3-9(18-2)8(15)5-7(6)13/h3-5,15H,1-2H3/b10-4-. The Bertz CT molecular complexity index is 601. The van der Waals surface area contributed by atoms with Crippen molar-refractivity contribution in [2.45, 2.75) is 4.90 Å². The summed E-state index contributed by atoms with van der Waals surface area (Å²) < 4.78 is 0.672. The summed E-state index contributed by atoms with van der Waals surface area (Å²) in [7, 11) is 1.46. The van der Waals surface area contributed by atoms with Gasteiger partial charge in [-0.15, -0.1) is 11.8 Å². The average Bonchev–Trinajstić information content (AvgIpc) is 2.60. The molecule has 0 aromatic heterocycles. The van der Waals surface area contributed by atoms with E-state index in [2.05, 4.69) is 15.9 Å². The number of likely N-dealkylation sites (N-methyl/N-ethyl adjacent to an activating group) is 1. The molecule has 1 heterocycles. The zero-order valence-corrected chi connectivity index (χ0v) is 13.4. The molecule has 0 aliphatic carbocycles. The minimum Gasteiger partial charge on any atom is -0.507 e. The molecule has 0 saturated carbocycles. The van der Waals surface area contributed by atoms with Crippen molar-refractivity contribution in [1.82, 2.24) is 4.90 Å². The van der Waals surface area contributed by atoms with E-state index < -0.39 is 0 Å². The topological polar surface area (TPSA) is 57.6 Å². The lowest BCUT2D eigenvalue weighted by Crippen LogP contribution is -2.22. The Labute approximate surface area is 127 Å². The summed E-state index contributed by atoms with van der Waals surface area (Å²) in [6.45, 7) is 0. The van der Waals surface area contributed by atoms with E-state index in [1.807, 2.05) is 6.26 Å². The highest BCUT2D eigenvalue weighted by Gasteiger charge is 2.31. The van der Waals surface area contributed by atoms with Crippen molar-refractivity contribution in [3.05, 3.63) is 27.1 Å². The summed E-state index contributed by atoms with van der Waals surface area (Å²) >= 11 is 5.66. The number of nitrogens with zero attached hydrogens (tertiary/aromatic N) is 1. The summed E-state index contributed by atoms with van der Waals surface area (Å²) in [6, 6.07) is 3.35. The highest BCUT2D eigenvalue weighted by atomic mass is 79.9. The number of phenolic OH excluding ortho intramolecular Hbond substituents is 1. The lowest BCUT2D eigenvalue weighted by Gasteiger charge is -2.06. The van der Waals surface area contributed by atoms with Crippen LogP contribution in [0.25, 0.3) is 6.08 Å². The van der Waals surface area contributed by atoms with Crippen LogP contribution in [0, 0.1) is 0 Å². The maximum atomic E-state index is 11.8. The first-order chi connectivity index (χ1) is 8.93. The van der Waals surface area contributed by atoms with Crippen molar-refractivity contribution in [3.8, 4) is 5.75 Å². The second kappa shape index (κ2) is 5.60. The third-order valence-electron chi connectivity index (χ3n) is 2.57. The number of amides is 2. The molecule has 1 aromatic carbocycles. The number of halogens is 1. The highest BCUT2D eigenvalue weighted by Crippen LogP contribution is 2.36. The van der Waals surface area contributed by atoms with Crippen LogP contribution >= 0.6 is 39.5 Å². The van der Waals surface area contributed by atoms with Gasteiger partial charge in [-0.1, -0.05) is 15.9 Å². The average molecular weight is 360 g/mol. The Morgan fingerprint density at radius 2 is 2.11 bits per heavy atom. The van der Waals surface area contributed by atoms with Gasteiger partial charge in [0.1, 0.15) is 5.75 Å². The van der Waals surface area contributed by atoms with Crippen LogP contribution < -0.4 is 0 Å². The number of carbonyl (C=O) groups is 2. The van der Waals surface area contributed by atoms with Crippen LogP contribution in [0.1, 0.15) is 5.56 Å². The molecule has 1 fully saturated rings. The van der Waals surface area contributed by atoms with E-state index >= 15 is 0 Å². The van der Waals surface area contributed by atoms with E-state index in [9.17, 15) is 14.7 Å². The molecule has 1 aromatic rings. The Kier molecular flexibility index (Phi) is 4.27. The molecule has 7 heteroatoms. The van der Waals surface area contributed by atoms with Gasteiger partial charge < -0.3 is 5.11 Å². The predicted octanol–water partition coefficient (Wildman–Crippen LogP) is 3.54. The highest BCUT2D eigenvalue weighted by molar-refractivity contribution is 9.10. The predicted molar refractivity (Wildman–Crippen MR) is 81.3 cm³/mol. The molecule has 0 bridgehead atoms. The summed E-state index contributed by atoms with van der Waals surface area (Å²) in [6.07, 6.45) is 3.50. The first-order valence-corrected chi connectivity index (χ1v) is 8.05. The van der Waals surface area contributed by atoms with E-state index in [4.69, 9.17) is 0 Å². The number of hydrogen-bond donors (Lipinski definition) is 1. The number of phenols is 1. The van der Waals surface area contributed by atoms with E-state index in [-0.39, 0.29) is 16.9 Å². The van der Waals surface area contributed by atoms with Crippen molar-refractivity contribution < 1.29 is 14.7 Å². The molecule has 0 spiro atoms. The number of thioether (sulfide) groups is 2. The Hall–Kier alpha value is -0.920. The fourth-order valence-corrected chi connectivity index (χ4v) is 3.30. The molecule has 2 rings (SSSR count). The molecule has 0 radical (unpaired) electrons. The maximum absolute atomic E-state index is 11.8. The molecular formula is C12H10BrNO3S2. The van der Waals surface area contributed by atoms with Gasteiger partial charge in [0.05, 0.1) is 4.91 Å². The van der Waals surface area contributed by atoms with Crippen LogP contribution in [0.2, 0.25) is 0 Å². The Morgan fingerprint density at radius 3 is 2.63 bits per heavy atom. The van der Waals surface area contributed by atoms with Crippen LogP contribution in [-0.4, -0.2) is 34.5 Å². The fraction of sp³-hybridized carbons (Fsp3) is 0.167. The van der Waals surface area contributed by atoms with Gasteiger partial charge in [-0.25, -0.2) is 0 Å². The minimum absolute atomic E-state index is 0.181. The lowest BCUT2D eigenvalue weighted by atomic mass is 10.2. The zero-order valence-electron chi connectivity index (χ0n) is 10.1. The Morgan fingerprint density at radius 1 is 1.42 bits per heavy atom. The van der Waals surface area contributed by atoms with Crippen molar-refractivity contribution in [2.24, 2.45) is 0 Å². The number of hydrogen-bond acceptors (Lipinski definition) is 5. The van der Waals surface area contributed by atoms with Gasteiger partial charge in [0.25, 0.3) is 11.1 Å². The van der Waals surface area contributed by atoms with E-state index in [0.29, 0.717) is 14.3 Å². The van der Waals surface area contributed by atoms with Crippen LogP contribution in [0.3, 0.4) is 0 Å². The van der Waals surface area contributed by atoms with Crippen LogP contribution in [0.15, 0.2) is 26.4 Å². The lowest BCUT2D eigenvalue weighted by molar-refractivity contribution is -0.121. The number of aromatic hydroxyl groups is 1. The van der Waals surface area contributed by atoms with Crippen LogP contribution in [0.4, 0.5) is 4.79 Å². The Balaban J connectivity index is 2.44. The second-order valence-electron chi connectivity index (χ2n) is 3.79. The van der Waals surface area contributed by atoms with Gasteiger partial charge in [-0.05, 0) is 41.8 Å². The molecule has 19 heavy (non-hydrogen) atoms. The molecule has 1 aliphatic rings. The second-order valence-corrected chi connectivity index (χ2v) is 6.48. The SMILES string of the molecule is CSc1cc(/C=C2\SC(=O)N(C)C2=O)c(Br)cc1O. The van der Waals surface area contributed by atoms with Crippen molar-refractivity contribution in [3.63, 3.8) is 0 Å². The quantitative estimate of drug-likeness (QED) is 0.646. The van der Waals surface area contributed by atoms with E-state index in [1.165, 1.54) is 18.8 Å². The molecular weight excluding hydrogens is 350 g/mol. The molecule has 1 aliphatic heterocycles. The van der Waals surface area contributed by atoms with Crippen molar-refractivity contribution in [1.29, 1.82) is 0 Å². The largest absolute Gasteiger partial charge is 0.507 e. The maximum Gasteiger partial charge on any atom is 0.293 e. The molecule has 100 valence electrons.